The van der Waals surface area contributed by atoms with Crippen LogP contribution in [0.25, 0.3) is 22.0 Å². The smallest absolute Gasteiger partial charge is 0.274 e. The molecule has 1 N–H and O–H groups in total. The monoisotopic (exact) mass is 360 g/mol. The molecule has 0 fully saturated rings. The van der Waals surface area contributed by atoms with Gasteiger partial charge in [-0.2, -0.15) is 5.10 Å². The van der Waals surface area contributed by atoms with Gasteiger partial charge in [-0.25, -0.2) is 9.07 Å². The highest BCUT2D eigenvalue weighted by atomic mass is 19.1. The van der Waals surface area contributed by atoms with Crippen molar-refractivity contribution in [2.24, 2.45) is 0 Å². The van der Waals surface area contributed by atoms with Crippen molar-refractivity contribution in [3.8, 4) is 11.3 Å². The number of rotatable bonds is 4. The lowest BCUT2D eigenvalue weighted by atomic mass is 10.0. The Bertz CT molecular complexity index is 1140. The number of aliphatic hydroxyl groups excluding tert-OH is 1. The largest absolute Gasteiger partial charge is 0.386 e. The second-order valence-corrected chi connectivity index (χ2v) is 6.31. The topological polar surface area (TPSA) is 55.1 Å². The molecule has 4 rings (SSSR count). The van der Waals surface area contributed by atoms with Crippen molar-refractivity contribution in [1.82, 2.24) is 9.78 Å². The van der Waals surface area contributed by atoms with Crippen LogP contribution in [0, 0.1) is 5.82 Å². The highest BCUT2D eigenvalue weighted by Gasteiger charge is 2.15. The second kappa shape index (κ2) is 7.13. The van der Waals surface area contributed by atoms with Gasteiger partial charge in [0.2, 0.25) is 0 Å². The van der Waals surface area contributed by atoms with Crippen LogP contribution in [0.5, 0.6) is 0 Å². The Morgan fingerprint density at radius 2 is 1.52 bits per heavy atom. The lowest BCUT2D eigenvalue weighted by Gasteiger charge is -2.15. The van der Waals surface area contributed by atoms with E-state index in [-0.39, 0.29) is 17.9 Å². The first-order valence-electron chi connectivity index (χ1n) is 8.62. The average molecular weight is 360 g/mol. The fourth-order valence-corrected chi connectivity index (χ4v) is 3.12. The van der Waals surface area contributed by atoms with E-state index in [4.69, 9.17) is 0 Å². The molecule has 1 aromatic heterocycles. The number of halogens is 1. The molecule has 0 bridgehead atoms. The van der Waals surface area contributed by atoms with Gasteiger partial charge >= 0.3 is 0 Å². The normalized spacial score (nSPS) is 12.2. The first-order chi connectivity index (χ1) is 13.1. The number of benzene rings is 3. The molecule has 1 atom stereocenters. The summed E-state index contributed by atoms with van der Waals surface area (Å²) in [4.78, 5) is 12.9. The molecule has 1 unspecified atom stereocenters. The van der Waals surface area contributed by atoms with E-state index in [1.54, 1.807) is 36.4 Å². The molecule has 27 heavy (non-hydrogen) atoms. The van der Waals surface area contributed by atoms with Crippen molar-refractivity contribution in [1.29, 1.82) is 0 Å². The third-order valence-corrected chi connectivity index (χ3v) is 4.52. The maximum Gasteiger partial charge on any atom is 0.274 e. The molecular weight excluding hydrogens is 343 g/mol. The zero-order chi connectivity index (χ0) is 18.8. The van der Waals surface area contributed by atoms with Crippen molar-refractivity contribution < 1.29 is 9.50 Å². The lowest BCUT2D eigenvalue weighted by Crippen LogP contribution is -2.26. The predicted octanol–water partition coefficient (Wildman–Crippen LogP) is 3.94. The highest BCUT2D eigenvalue weighted by Crippen LogP contribution is 2.25. The van der Waals surface area contributed by atoms with Crippen LogP contribution < -0.4 is 5.56 Å². The number of aliphatic hydroxyl groups is 1. The van der Waals surface area contributed by atoms with Crippen LogP contribution in [0.2, 0.25) is 0 Å². The Hall–Kier alpha value is -3.31. The summed E-state index contributed by atoms with van der Waals surface area (Å²) in [6, 6.07) is 22.3. The van der Waals surface area contributed by atoms with Crippen LogP contribution in [-0.2, 0) is 6.54 Å². The van der Waals surface area contributed by atoms with Gasteiger partial charge in [-0.3, -0.25) is 4.79 Å². The summed E-state index contributed by atoms with van der Waals surface area (Å²) >= 11 is 0. The van der Waals surface area contributed by atoms with Gasteiger partial charge in [0.05, 0.1) is 23.7 Å². The molecule has 0 radical (unpaired) electrons. The molecule has 0 aliphatic rings. The van der Waals surface area contributed by atoms with Crippen LogP contribution in [-0.4, -0.2) is 14.9 Å². The van der Waals surface area contributed by atoms with Gasteiger partial charge in [0, 0.05) is 10.9 Å². The zero-order valence-electron chi connectivity index (χ0n) is 14.4. The van der Waals surface area contributed by atoms with E-state index in [2.05, 4.69) is 5.10 Å². The van der Waals surface area contributed by atoms with Gasteiger partial charge in [0.1, 0.15) is 5.82 Å². The zero-order valence-corrected chi connectivity index (χ0v) is 14.4. The van der Waals surface area contributed by atoms with E-state index < -0.39 is 6.10 Å². The molecule has 1 heterocycles. The molecule has 0 spiro atoms. The standard InChI is InChI=1S/C22H17FN2O2/c23-17-12-10-16(11-13-17)21-18-8-4-5-9-19(18)22(27)25(24-21)14-20(26)15-6-2-1-3-7-15/h1-13,20,26H,14H2. The summed E-state index contributed by atoms with van der Waals surface area (Å²) in [7, 11) is 0. The van der Waals surface area contributed by atoms with E-state index in [1.807, 2.05) is 30.3 Å². The van der Waals surface area contributed by atoms with E-state index in [0.29, 0.717) is 27.6 Å². The fourth-order valence-electron chi connectivity index (χ4n) is 3.12. The minimum Gasteiger partial charge on any atom is -0.386 e. The minimum absolute atomic E-state index is 0.0296. The third kappa shape index (κ3) is 3.37. The lowest BCUT2D eigenvalue weighted by molar-refractivity contribution is 0.150. The maximum atomic E-state index is 13.3. The first kappa shape index (κ1) is 17.1. The Morgan fingerprint density at radius 3 is 2.22 bits per heavy atom. The van der Waals surface area contributed by atoms with Gasteiger partial charge in [-0.1, -0.05) is 48.5 Å². The Morgan fingerprint density at radius 1 is 0.889 bits per heavy atom. The maximum absolute atomic E-state index is 13.3. The molecule has 0 saturated carbocycles. The first-order valence-corrected chi connectivity index (χ1v) is 8.62. The Labute approximate surface area is 155 Å². The third-order valence-electron chi connectivity index (χ3n) is 4.52. The molecule has 3 aromatic carbocycles. The Balaban J connectivity index is 1.85. The summed E-state index contributed by atoms with van der Waals surface area (Å²) in [5.41, 5.74) is 1.72. The fraction of sp³-hybridized carbons (Fsp3) is 0.0909. The summed E-state index contributed by atoms with van der Waals surface area (Å²) < 4.78 is 14.6. The summed E-state index contributed by atoms with van der Waals surface area (Å²) in [5, 5.41) is 16.2. The number of hydrogen-bond acceptors (Lipinski definition) is 3. The molecule has 5 heteroatoms. The van der Waals surface area contributed by atoms with Gasteiger partial charge in [0.25, 0.3) is 5.56 Å². The summed E-state index contributed by atoms with van der Waals surface area (Å²) in [6.07, 6.45) is -0.862. The summed E-state index contributed by atoms with van der Waals surface area (Å²) in [5.74, 6) is -0.337. The van der Waals surface area contributed by atoms with Crippen molar-refractivity contribution in [2.45, 2.75) is 12.6 Å². The molecule has 0 amide bonds. The number of fused-ring (bicyclic) bond motifs is 1. The van der Waals surface area contributed by atoms with Gasteiger partial charge in [-0.15, -0.1) is 0 Å². The van der Waals surface area contributed by atoms with Crippen molar-refractivity contribution in [3.05, 3.63) is 101 Å². The van der Waals surface area contributed by atoms with Crippen molar-refractivity contribution in [3.63, 3.8) is 0 Å². The molecule has 0 aliphatic carbocycles. The average Bonchev–Trinajstić information content (AvgIpc) is 2.71. The molecule has 0 aliphatic heterocycles. The second-order valence-electron chi connectivity index (χ2n) is 6.31. The quantitative estimate of drug-likeness (QED) is 0.600. The molecule has 0 saturated heterocycles. The predicted molar refractivity (Wildman–Crippen MR) is 103 cm³/mol. The minimum atomic E-state index is -0.862. The number of hydrogen-bond donors (Lipinski definition) is 1. The molecular formula is C22H17FN2O2. The highest BCUT2D eigenvalue weighted by molar-refractivity contribution is 5.93. The van der Waals surface area contributed by atoms with Gasteiger partial charge in [-0.05, 0) is 35.9 Å². The van der Waals surface area contributed by atoms with Crippen molar-refractivity contribution in [2.75, 3.05) is 0 Å². The SMILES string of the molecule is O=c1c2ccccc2c(-c2ccc(F)cc2)nn1CC(O)c1ccccc1. The van der Waals surface area contributed by atoms with E-state index in [1.165, 1.54) is 16.8 Å². The molecule has 134 valence electrons. The van der Waals surface area contributed by atoms with E-state index >= 15 is 0 Å². The van der Waals surface area contributed by atoms with Crippen LogP contribution in [0.3, 0.4) is 0 Å². The van der Waals surface area contributed by atoms with Crippen LogP contribution in [0.1, 0.15) is 11.7 Å². The molecule has 4 nitrogen and oxygen atoms in total. The Kier molecular flexibility index (Phi) is 4.52. The van der Waals surface area contributed by atoms with E-state index in [0.717, 1.165) is 0 Å². The van der Waals surface area contributed by atoms with Crippen molar-refractivity contribution >= 4 is 10.8 Å². The van der Waals surface area contributed by atoms with E-state index in [9.17, 15) is 14.3 Å². The van der Waals surface area contributed by atoms with Crippen LogP contribution in [0.4, 0.5) is 4.39 Å². The van der Waals surface area contributed by atoms with Gasteiger partial charge in [0.15, 0.2) is 0 Å². The van der Waals surface area contributed by atoms with Gasteiger partial charge < -0.3 is 5.11 Å². The van der Waals surface area contributed by atoms with Crippen LogP contribution in [0.15, 0.2) is 83.7 Å². The summed E-state index contributed by atoms with van der Waals surface area (Å²) in [6.45, 7) is 0.0296. The number of nitrogens with zero attached hydrogens (tertiary/aromatic N) is 2. The molecule has 4 aromatic rings. The van der Waals surface area contributed by atoms with Crippen LogP contribution >= 0.6 is 0 Å². The number of aromatic nitrogens is 2.